The van der Waals surface area contributed by atoms with E-state index < -0.39 is 23.2 Å². The van der Waals surface area contributed by atoms with Crippen LogP contribution in [0.15, 0.2) is 24.3 Å². The molecule has 1 aromatic carbocycles. The molecule has 2 N–H and O–H groups in total. The third-order valence-corrected chi connectivity index (χ3v) is 8.14. The highest BCUT2D eigenvalue weighted by atomic mass is 16.6. The van der Waals surface area contributed by atoms with E-state index in [4.69, 9.17) is 33.2 Å². The van der Waals surface area contributed by atoms with E-state index in [1.807, 2.05) is 20.8 Å². The molecule has 0 aliphatic rings. The molecule has 2 amide bonds. The van der Waals surface area contributed by atoms with Gasteiger partial charge < -0.3 is 43.8 Å². The molecule has 0 aromatic heterocycles. The molecule has 59 heavy (non-hydrogen) atoms. The molecule has 0 saturated carbocycles. The lowest BCUT2D eigenvalue weighted by Crippen LogP contribution is -2.44. The van der Waals surface area contributed by atoms with Crippen LogP contribution in [0.2, 0.25) is 0 Å². The van der Waals surface area contributed by atoms with Crippen molar-refractivity contribution in [3.05, 3.63) is 29.8 Å². The minimum absolute atomic E-state index is 0.0441. The predicted molar refractivity (Wildman–Crippen MR) is 222 cm³/mol. The number of rotatable bonds is 34. The zero-order valence-corrected chi connectivity index (χ0v) is 36.8. The number of amides is 2. The van der Waals surface area contributed by atoms with E-state index in [9.17, 15) is 28.8 Å². The summed E-state index contributed by atoms with van der Waals surface area (Å²) >= 11 is 0. The highest BCUT2D eigenvalue weighted by molar-refractivity contribution is 5.89. The Morgan fingerprint density at radius 2 is 1.15 bits per heavy atom. The van der Waals surface area contributed by atoms with E-state index in [2.05, 4.69) is 10.6 Å². The Labute approximate surface area is 351 Å². The van der Waals surface area contributed by atoms with Crippen LogP contribution in [0.1, 0.15) is 136 Å². The lowest BCUT2D eigenvalue weighted by molar-refractivity contribution is -0.159. The Morgan fingerprint density at radius 3 is 1.78 bits per heavy atom. The lowest BCUT2D eigenvalue weighted by Gasteiger charge is -2.24. The summed E-state index contributed by atoms with van der Waals surface area (Å²) < 4.78 is 37.9. The average Bonchev–Trinajstić information content (AvgIpc) is 3.14. The molecule has 0 aliphatic carbocycles. The molecule has 15 nitrogen and oxygen atoms in total. The fourth-order valence-corrected chi connectivity index (χ4v) is 5.31. The van der Waals surface area contributed by atoms with Crippen LogP contribution in [0.5, 0.6) is 5.75 Å². The third-order valence-electron chi connectivity index (χ3n) is 8.14. The zero-order valence-electron chi connectivity index (χ0n) is 36.8. The van der Waals surface area contributed by atoms with Gasteiger partial charge in [0.2, 0.25) is 11.8 Å². The number of Topliss-reactive ketones (excluding diaryl/α,β-unsaturated/α-hetero) is 2. The first-order chi connectivity index (χ1) is 27.9. The van der Waals surface area contributed by atoms with Crippen LogP contribution in [-0.2, 0) is 52.4 Å². The van der Waals surface area contributed by atoms with Crippen molar-refractivity contribution in [3.63, 3.8) is 0 Å². The molecule has 0 spiro atoms. The minimum atomic E-state index is -0.910. The second-order valence-electron chi connectivity index (χ2n) is 16.3. The Morgan fingerprint density at radius 1 is 0.576 bits per heavy atom. The van der Waals surface area contributed by atoms with Crippen LogP contribution in [-0.4, -0.2) is 119 Å². The van der Waals surface area contributed by atoms with Gasteiger partial charge in [-0.3, -0.25) is 19.2 Å². The maximum atomic E-state index is 12.9. The van der Waals surface area contributed by atoms with E-state index >= 15 is 0 Å². The maximum absolute atomic E-state index is 12.9. The van der Waals surface area contributed by atoms with Crippen molar-refractivity contribution in [2.45, 2.75) is 143 Å². The second kappa shape index (κ2) is 31.0. The van der Waals surface area contributed by atoms with Gasteiger partial charge in [0.25, 0.3) is 0 Å². The van der Waals surface area contributed by atoms with E-state index in [1.54, 1.807) is 45.0 Å². The standard InChI is InChI=1S/C44H72N2O13/c1-34(47)32-55-30-29-54-27-24-45-40(50)33-56-31-28-53-25-15-16-36(48)20-23-38(42(52)59-44(5,6)7)46-39(49)17-13-11-9-8-10-12-14-26-57-37-21-18-35(19-22-37)41(51)58-43(2,3)4/h18-19,21-22,38H,8-17,20,23-33H2,1-7H3,(H,45,50)(H,46,49)/t38-/m0/s1. The normalized spacial score (nSPS) is 12.1. The summed E-state index contributed by atoms with van der Waals surface area (Å²) in [6.07, 6.45) is 7.95. The van der Waals surface area contributed by atoms with Crippen molar-refractivity contribution in [2.24, 2.45) is 0 Å². The highest BCUT2D eigenvalue weighted by Crippen LogP contribution is 2.17. The zero-order chi connectivity index (χ0) is 43.9. The van der Waals surface area contributed by atoms with Gasteiger partial charge in [-0.05, 0) is 98.4 Å². The average molecular weight is 837 g/mol. The highest BCUT2D eigenvalue weighted by Gasteiger charge is 2.27. The number of carbonyl (C=O) groups is 6. The van der Waals surface area contributed by atoms with Crippen LogP contribution >= 0.6 is 0 Å². The number of ketones is 2. The van der Waals surface area contributed by atoms with E-state index in [1.165, 1.54) is 6.92 Å². The first kappa shape index (κ1) is 53.1. The van der Waals surface area contributed by atoms with Crippen molar-refractivity contribution >= 4 is 35.3 Å². The van der Waals surface area contributed by atoms with E-state index in [0.717, 1.165) is 38.5 Å². The van der Waals surface area contributed by atoms with Crippen LogP contribution in [0, 0.1) is 0 Å². The van der Waals surface area contributed by atoms with Gasteiger partial charge >= 0.3 is 11.9 Å². The summed E-state index contributed by atoms with van der Waals surface area (Å²) in [6.45, 7) is 14.9. The monoisotopic (exact) mass is 837 g/mol. The summed E-state index contributed by atoms with van der Waals surface area (Å²) in [5.74, 6) is -0.817. The number of nitrogens with one attached hydrogen (secondary N) is 2. The summed E-state index contributed by atoms with van der Waals surface area (Å²) in [5, 5.41) is 5.46. The number of benzene rings is 1. The van der Waals surface area contributed by atoms with Crippen molar-refractivity contribution in [1.29, 1.82) is 0 Å². The van der Waals surface area contributed by atoms with Crippen LogP contribution in [0.4, 0.5) is 0 Å². The molecule has 15 heteroatoms. The molecule has 0 saturated heterocycles. The summed E-state index contributed by atoms with van der Waals surface area (Å²) in [5.41, 5.74) is -0.791. The Hall–Kier alpha value is -3.92. The molecule has 1 rings (SSSR count). The van der Waals surface area contributed by atoms with Gasteiger partial charge in [-0.1, -0.05) is 32.1 Å². The van der Waals surface area contributed by atoms with Gasteiger partial charge in [0.15, 0.2) is 5.78 Å². The fourth-order valence-electron chi connectivity index (χ4n) is 5.31. The van der Waals surface area contributed by atoms with Gasteiger partial charge in [-0.15, -0.1) is 0 Å². The number of carbonyl (C=O) groups excluding carboxylic acids is 6. The molecule has 0 heterocycles. The van der Waals surface area contributed by atoms with Crippen molar-refractivity contribution in [1.82, 2.24) is 10.6 Å². The molecule has 0 bridgehead atoms. The molecule has 0 radical (unpaired) electrons. The number of unbranched alkanes of at least 4 members (excludes halogenated alkanes) is 6. The van der Waals surface area contributed by atoms with Crippen LogP contribution in [0.3, 0.4) is 0 Å². The molecular formula is C44H72N2O13. The van der Waals surface area contributed by atoms with Crippen molar-refractivity contribution < 1.29 is 61.9 Å². The second-order valence-corrected chi connectivity index (χ2v) is 16.3. The third kappa shape index (κ3) is 31.6. The van der Waals surface area contributed by atoms with Crippen molar-refractivity contribution in [3.8, 4) is 5.75 Å². The molecular weight excluding hydrogens is 764 g/mol. The van der Waals surface area contributed by atoms with Gasteiger partial charge in [0.1, 0.15) is 42.0 Å². The molecule has 336 valence electrons. The number of hydrogen-bond acceptors (Lipinski definition) is 13. The summed E-state index contributed by atoms with van der Waals surface area (Å²) in [6, 6.07) is 6.06. The predicted octanol–water partition coefficient (Wildman–Crippen LogP) is 5.87. The summed E-state index contributed by atoms with van der Waals surface area (Å²) in [7, 11) is 0. The lowest BCUT2D eigenvalue weighted by atomic mass is 10.0. The largest absolute Gasteiger partial charge is 0.494 e. The number of hydrogen-bond donors (Lipinski definition) is 2. The molecule has 0 aliphatic heterocycles. The number of ether oxygens (including phenoxy) is 7. The smallest absolute Gasteiger partial charge is 0.338 e. The molecule has 1 atom stereocenters. The Balaban J connectivity index is 2.17. The van der Waals surface area contributed by atoms with Gasteiger partial charge in [0, 0.05) is 32.4 Å². The van der Waals surface area contributed by atoms with Gasteiger partial charge in [0.05, 0.1) is 45.2 Å². The van der Waals surface area contributed by atoms with Gasteiger partial charge in [-0.2, -0.15) is 0 Å². The maximum Gasteiger partial charge on any atom is 0.338 e. The quantitative estimate of drug-likeness (QED) is 0.0620. The SMILES string of the molecule is CC(=O)COCCOCCNC(=O)COCCOCCCC(=O)CC[C@H](NC(=O)CCCCCCCCCOc1ccc(C(=O)OC(C)(C)C)cc1)C(=O)OC(C)(C)C. The van der Waals surface area contributed by atoms with E-state index in [0.29, 0.717) is 63.7 Å². The number of esters is 2. The van der Waals surface area contributed by atoms with Crippen LogP contribution in [0.25, 0.3) is 0 Å². The van der Waals surface area contributed by atoms with Gasteiger partial charge in [-0.25, -0.2) is 9.59 Å². The molecule has 0 fully saturated rings. The van der Waals surface area contributed by atoms with Crippen LogP contribution < -0.4 is 15.4 Å². The summed E-state index contributed by atoms with van der Waals surface area (Å²) in [4.78, 5) is 73.0. The fraction of sp³-hybridized carbons (Fsp3) is 0.727. The first-order valence-corrected chi connectivity index (χ1v) is 21.0. The Kier molecular flexibility index (Phi) is 27.9. The molecule has 0 unspecified atom stereocenters. The Bertz CT molecular complexity index is 1370. The van der Waals surface area contributed by atoms with Crippen molar-refractivity contribution in [2.75, 3.05) is 66.0 Å². The van der Waals surface area contributed by atoms with E-state index in [-0.39, 0.29) is 81.5 Å². The molecule has 1 aromatic rings. The minimum Gasteiger partial charge on any atom is -0.494 e. The topological polar surface area (TPSA) is 191 Å². The first-order valence-electron chi connectivity index (χ1n) is 21.0.